The smallest absolute Gasteiger partial charge is 0.0537 e. The number of allylic oxidation sites excluding steroid dienone is 6. The number of benzene rings is 2. The SMILES string of the molecule is NCCc1c(C2=CC=CC=CC2)n(-c2ccccc2)c2ccccc12. The maximum Gasteiger partial charge on any atom is 0.0537 e. The third-order valence-corrected chi connectivity index (χ3v) is 4.69. The van der Waals surface area contributed by atoms with Gasteiger partial charge in [0.15, 0.2) is 0 Å². The van der Waals surface area contributed by atoms with Gasteiger partial charge < -0.3 is 10.3 Å². The van der Waals surface area contributed by atoms with Crippen LogP contribution in [0.25, 0.3) is 22.2 Å². The van der Waals surface area contributed by atoms with Gasteiger partial charge in [0, 0.05) is 11.1 Å². The summed E-state index contributed by atoms with van der Waals surface area (Å²) in [5, 5.41) is 1.30. The first-order valence-corrected chi connectivity index (χ1v) is 8.80. The molecule has 1 aromatic heterocycles. The summed E-state index contributed by atoms with van der Waals surface area (Å²) in [5.41, 5.74) is 12.4. The number of aromatic nitrogens is 1. The minimum Gasteiger partial charge on any atom is -0.330 e. The zero-order valence-corrected chi connectivity index (χ0v) is 14.2. The van der Waals surface area contributed by atoms with Crippen LogP contribution >= 0.6 is 0 Å². The topological polar surface area (TPSA) is 30.9 Å². The molecule has 1 heterocycles. The molecule has 0 atom stereocenters. The Labute approximate surface area is 148 Å². The average Bonchev–Trinajstić information content (AvgIpc) is 2.81. The summed E-state index contributed by atoms with van der Waals surface area (Å²) in [6, 6.07) is 19.2. The first kappa shape index (κ1) is 15.7. The zero-order chi connectivity index (χ0) is 17.1. The Bertz CT molecular complexity index is 972. The van der Waals surface area contributed by atoms with Gasteiger partial charge in [0.2, 0.25) is 0 Å². The predicted octanol–water partition coefficient (Wildman–Crippen LogP) is 5.03. The van der Waals surface area contributed by atoms with Crippen molar-refractivity contribution in [2.24, 2.45) is 5.73 Å². The van der Waals surface area contributed by atoms with Gasteiger partial charge in [0.05, 0.1) is 11.2 Å². The largest absolute Gasteiger partial charge is 0.330 e. The monoisotopic (exact) mass is 326 g/mol. The van der Waals surface area contributed by atoms with Crippen molar-refractivity contribution in [3.8, 4) is 5.69 Å². The van der Waals surface area contributed by atoms with E-state index in [2.05, 4.69) is 89.5 Å². The second kappa shape index (κ2) is 6.96. The lowest BCUT2D eigenvalue weighted by Gasteiger charge is -2.14. The number of hydrogen-bond acceptors (Lipinski definition) is 1. The van der Waals surface area contributed by atoms with E-state index < -0.39 is 0 Å². The summed E-state index contributed by atoms with van der Waals surface area (Å²) in [5.74, 6) is 0. The normalized spacial score (nSPS) is 13.9. The maximum absolute atomic E-state index is 5.97. The van der Waals surface area contributed by atoms with Gasteiger partial charge in [-0.1, -0.05) is 66.8 Å². The highest BCUT2D eigenvalue weighted by Crippen LogP contribution is 2.36. The third-order valence-electron chi connectivity index (χ3n) is 4.69. The molecule has 124 valence electrons. The molecule has 1 aliphatic rings. The molecule has 2 nitrogen and oxygen atoms in total. The van der Waals surface area contributed by atoms with Gasteiger partial charge in [-0.15, -0.1) is 0 Å². The van der Waals surface area contributed by atoms with Gasteiger partial charge in [-0.05, 0) is 48.7 Å². The molecule has 25 heavy (non-hydrogen) atoms. The van der Waals surface area contributed by atoms with Crippen molar-refractivity contribution in [3.63, 3.8) is 0 Å². The number of nitrogens with zero attached hydrogens (tertiary/aromatic N) is 1. The minimum atomic E-state index is 0.648. The second-order valence-corrected chi connectivity index (χ2v) is 6.26. The summed E-state index contributed by atoms with van der Waals surface area (Å²) in [6.07, 6.45) is 12.6. The molecular formula is C23H22N2. The van der Waals surface area contributed by atoms with Gasteiger partial charge >= 0.3 is 0 Å². The van der Waals surface area contributed by atoms with E-state index in [4.69, 9.17) is 5.73 Å². The zero-order valence-electron chi connectivity index (χ0n) is 14.2. The molecule has 0 unspecified atom stereocenters. The van der Waals surface area contributed by atoms with E-state index in [0.29, 0.717) is 6.54 Å². The van der Waals surface area contributed by atoms with Gasteiger partial charge in [-0.25, -0.2) is 0 Å². The highest BCUT2D eigenvalue weighted by molar-refractivity contribution is 5.92. The average molecular weight is 326 g/mol. The summed E-state index contributed by atoms with van der Waals surface area (Å²) < 4.78 is 2.39. The number of hydrogen-bond donors (Lipinski definition) is 1. The third kappa shape index (κ3) is 2.86. The van der Waals surface area contributed by atoms with E-state index in [1.54, 1.807) is 0 Å². The highest BCUT2D eigenvalue weighted by atomic mass is 15.0. The molecule has 4 rings (SSSR count). The van der Waals surface area contributed by atoms with Crippen LogP contribution in [-0.2, 0) is 6.42 Å². The number of fused-ring (bicyclic) bond motifs is 1. The molecular weight excluding hydrogens is 304 g/mol. The molecule has 0 fully saturated rings. The summed E-state index contributed by atoms with van der Waals surface area (Å²) in [7, 11) is 0. The fourth-order valence-corrected chi connectivity index (χ4v) is 3.64. The van der Waals surface area contributed by atoms with E-state index in [1.807, 2.05) is 0 Å². The van der Waals surface area contributed by atoms with E-state index in [-0.39, 0.29) is 0 Å². The Balaban J connectivity index is 2.07. The Kier molecular flexibility index (Phi) is 4.36. The van der Waals surface area contributed by atoms with Gasteiger partial charge in [-0.2, -0.15) is 0 Å². The van der Waals surface area contributed by atoms with Crippen molar-refractivity contribution < 1.29 is 0 Å². The first-order chi connectivity index (χ1) is 12.4. The lowest BCUT2D eigenvalue weighted by atomic mass is 10.0. The quantitative estimate of drug-likeness (QED) is 0.716. The van der Waals surface area contributed by atoms with Crippen LogP contribution in [0.1, 0.15) is 17.7 Å². The Hall–Kier alpha value is -2.84. The fourth-order valence-electron chi connectivity index (χ4n) is 3.64. The highest BCUT2D eigenvalue weighted by Gasteiger charge is 2.20. The van der Waals surface area contributed by atoms with Crippen LogP contribution in [0, 0.1) is 0 Å². The van der Waals surface area contributed by atoms with Crippen molar-refractivity contribution in [1.82, 2.24) is 4.57 Å². The molecule has 3 aromatic rings. The van der Waals surface area contributed by atoms with Crippen LogP contribution in [0.2, 0.25) is 0 Å². The molecule has 0 saturated heterocycles. The van der Waals surface area contributed by atoms with Crippen LogP contribution in [0.4, 0.5) is 0 Å². The van der Waals surface area contributed by atoms with Crippen molar-refractivity contribution in [3.05, 3.63) is 96.2 Å². The van der Waals surface area contributed by atoms with Crippen molar-refractivity contribution in [2.45, 2.75) is 12.8 Å². The van der Waals surface area contributed by atoms with E-state index >= 15 is 0 Å². The van der Waals surface area contributed by atoms with Crippen LogP contribution in [0.3, 0.4) is 0 Å². The van der Waals surface area contributed by atoms with Crippen LogP contribution < -0.4 is 5.73 Å². The lowest BCUT2D eigenvalue weighted by Crippen LogP contribution is -2.07. The van der Waals surface area contributed by atoms with E-state index in [9.17, 15) is 0 Å². The standard InChI is InChI=1S/C23H22N2/c24-17-16-21-20-14-8-9-15-22(20)25(19-12-6-3-7-13-19)23(21)18-10-4-1-2-5-11-18/h1-10,12-15H,11,16-17,24H2. The molecule has 1 aliphatic carbocycles. The van der Waals surface area contributed by atoms with Gasteiger partial charge in [-0.3, -0.25) is 0 Å². The van der Waals surface area contributed by atoms with Crippen molar-refractivity contribution in [2.75, 3.05) is 6.54 Å². The lowest BCUT2D eigenvalue weighted by molar-refractivity contribution is 0.955. The minimum absolute atomic E-state index is 0.648. The number of para-hydroxylation sites is 2. The molecule has 0 aliphatic heterocycles. The molecule has 0 bridgehead atoms. The maximum atomic E-state index is 5.97. The Morgan fingerprint density at radius 1 is 0.880 bits per heavy atom. The van der Waals surface area contributed by atoms with Crippen molar-refractivity contribution >= 4 is 16.5 Å². The van der Waals surface area contributed by atoms with Crippen LogP contribution in [0.5, 0.6) is 0 Å². The molecule has 0 spiro atoms. The van der Waals surface area contributed by atoms with Gasteiger partial charge in [0.1, 0.15) is 0 Å². The van der Waals surface area contributed by atoms with Crippen molar-refractivity contribution in [1.29, 1.82) is 0 Å². The fraction of sp³-hybridized carbons (Fsp3) is 0.130. The summed E-state index contributed by atoms with van der Waals surface area (Å²) >= 11 is 0. The van der Waals surface area contributed by atoms with Crippen LogP contribution in [0.15, 0.2) is 85.0 Å². The van der Waals surface area contributed by atoms with Crippen LogP contribution in [-0.4, -0.2) is 11.1 Å². The number of rotatable bonds is 4. The Morgan fingerprint density at radius 2 is 1.68 bits per heavy atom. The molecule has 0 saturated carbocycles. The second-order valence-electron chi connectivity index (χ2n) is 6.26. The molecule has 2 aromatic carbocycles. The summed E-state index contributed by atoms with van der Waals surface area (Å²) in [6.45, 7) is 0.648. The predicted molar refractivity (Wildman–Crippen MR) is 107 cm³/mol. The molecule has 2 N–H and O–H groups in total. The molecule has 0 amide bonds. The van der Waals surface area contributed by atoms with E-state index in [1.165, 1.54) is 33.4 Å². The molecule has 0 radical (unpaired) electrons. The Morgan fingerprint density at radius 3 is 2.52 bits per heavy atom. The number of nitrogens with two attached hydrogens (primary N) is 1. The van der Waals surface area contributed by atoms with E-state index in [0.717, 1.165) is 12.8 Å². The first-order valence-electron chi connectivity index (χ1n) is 8.80. The summed E-state index contributed by atoms with van der Waals surface area (Å²) in [4.78, 5) is 0. The van der Waals surface area contributed by atoms with Gasteiger partial charge in [0.25, 0.3) is 0 Å². The molecule has 2 heteroatoms.